The van der Waals surface area contributed by atoms with E-state index in [9.17, 15) is 4.79 Å². The van der Waals surface area contributed by atoms with E-state index < -0.39 is 0 Å². The minimum atomic E-state index is -0.211. The molecule has 64 valence electrons. The lowest BCUT2D eigenvalue weighted by atomic mass is 10.4. The van der Waals surface area contributed by atoms with Crippen LogP contribution in [0, 0.1) is 6.92 Å². The van der Waals surface area contributed by atoms with Crippen LogP contribution in [0.3, 0.4) is 0 Å². The van der Waals surface area contributed by atoms with E-state index in [1.165, 1.54) is 11.3 Å². The van der Waals surface area contributed by atoms with Crippen LogP contribution in [0.5, 0.6) is 0 Å². The number of carbonyl (C=O) groups excluding carboxylic acids is 1. The van der Waals surface area contributed by atoms with Crippen LogP contribution >= 0.6 is 11.3 Å². The Kier molecular flexibility index (Phi) is 1.84. The second-order valence-corrected chi connectivity index (χ2v) is 3.73. The van der Waals surface area contributed by atoms with Gasteiger partial charge in [-0.15, -0.1) is 11.3 Å². The number of ether oxygens (including phenoxy) is 1. The fourth-order valence-corrected chi connectivity index (χ4v) is 1.57. The largest absolute Gasteiger partial charge is 0.458 e. The molecule has 0 atom stereocenters. The van der Waals surface area contributed by atoms with Crippen molar-refractivity contribution in [2.75, 3.05) is 0 Å². The molecule has 1 fully saturated rings. The van der Waals surface area contributed by atoms with Gasteiger partial charge < -0.3 is 4.74 Å². The van der Waals surface area contributed by atoms with E-state index in [1.54, 1.807) is 5.51 Å². The van der Waals surface area contributed by atoms with Gasteiger partial charge in [-0.2, -0.15) is 0 Å². The van der Waals surface area contributed by atoms with Gasteiger partial charge in [0.25, 0.3) is 0 Å². The van der Waals surface area contributed by atoms with Crippen LogP contribution in [0.4, 0.5) is 0 Å². The molecule has 1 aromatic heterocycles. The van der Waals surface area contributed by atoms with Crippen molar-refractivity contribution in [1.29, 1.82) is 0 Å². The molecule has 1 aromatic rings. The van der Waals surface area contributed by atoms with Crippen molar-refractivity contribution >= 4 is 17.3 Å². The molecule has 2 rings (SSSR count). The number of hydrogen-bond donors (Lipinski definition) is 0. The molecule has 12 heavy (non-hydrogen) atoms. The molecular formula is C8H9NO2S. The first-order valence-corrected chi connectivity index (χ1v) is 4.76. The molecule has 0 bridgehead atoms. The number of thiazole rings is 1. The van der Waals surface area contributed by atoms with E-state index >= 15 is 0 Å². The molecule has 0 amide bonds. The number of esters is 1. The number of hydrogen-bond acceptors (Lipinski definition) is 4. The van der Waals surface area contributed by atoms with Gasteiger partial charge in [-0.1, -0.05) is 0 Å². The van der Waals surface area contributed by atoms with Gasteiger partial charge in [0.15, 0.2) is 0 Å². The van der Waals surface area contributed by atoms with E-state index in [-0.39, 0.29) is 12.1 Å². The summed E-state index contributed by atoms with van der Waals surface area (Å²) in [5.41, 5.74) is 2.43. The average molecular weight is 183 g/mol. The standard InChI is InChI=1S/C8H9NO2S/c1-5-7(12-4-9-5)8(10)11-6-2-3-6/h4,6H,2-3H2,1H3. The van der Waals surface area contributed by atoms with Gasteiger partial charge in [-0.25, -0.2) is 9.78 Å². The Morgan fingerprint density at radius 1 is 1.75 bits per heavy atom. The monoisotopic (exact) mass is 183 g/mol. The lowest BCUT2D eigenvalue weighted by Crippen LogP contribution is -2.05. The first-order valence-electron chi connectivity index (χ1n) is 3.88. The number of rotatable bonds is 2. The third-order valence-electron chi connectivity index (χ3n) is 1.73. The van der Waals surface area contributed by atoms with Crippen LogP contribution in [0.2, 0.25) is 0 Å². The molecule has 1 heterocycles. The van der Waals surface area contributed by atoms with Crippen LogP contribution in [0.15, 0.2) is 5.51 Å². The summed E-state index contributed by atoms with van der Waals surface area (Å²) in [5, 5.41) is 0. The Balaban J connectivity index is 2.07. The molecule has 1 aliphatic rings. The highest BCUT2D eigenvalue weighted by atomic mass is 32.1. The molecule has 3 nitrogen and oxygen atoms in total. The maximum Gasteiger partial charge on any atom is 0.350 e. The molecule has 0 aromatic carbocycles. The van der Waals surface area contributed by atoms with E-state index in [4.69, 9.17) is 4.74 Å². The number of nitrogens with zero attached hydrogens (tertiary/aromatic N) is 1. The van der Waals surface area contributed by atoms with Crippen LogP contribution in [-0.4, -0.2) is 17.1 Å². The normalized spacial score (nSPS) is 16.1. The molecule has 1 saturated carbocycles. The Labute approximate surface area is 74.4 Å². The minimum Gasteiger partial charge on any atom is -0.458 e. The van der Waals surface area contributed by atoms with E-state index in [1.807, 2.05) is 6.92 Å². The highest BCUT2D eigenvalue weighted by molar-refractivity contribution is 7.11. The maximum absolute atomic E-state index is 11.3. The summed E-state index contributed by atoms with van der Waals surface area (Å²) in [5.74, 6) is -0.211. The summed E-state index contributed by atoms with van der Waals surface area (Å²) < 4.78 is 5.12. The predicted molar refractivity (Wildman–Crippen MR) is 45.3 cm³/mol. The molecule has 1 aliphatic carbocycles. The zero-order valence-electron chi connectivity index (χ0n) is 6.74. The second-order valence-electron chi connectivity index (χ2n) is 2.87. The topological polar surface area (TPSA) is 39.2 Å². The number of aromatic nitrogens is 1. The molecule has 0 N–H and O–H groups in total. The average Bonchev–Trinajstić information content (AvgIpc) is 2.72. The summed E-state index contributed by atoms with van der Waals surface area (Å²) in [7, 11) is 0. The molecule has 0 aliphatic heterocycles. The minimum absolute atomic E-state index is 0.180. The molecule has 4 heteroatoms. The Morgan fingerprint density at radius 3 is 3.00 bits per heavy atom. The van der Waals surface area contributed by atoms with Gasteiger partial charge in [0.2, 0.25) is 0 Å². The third-order valence-corrected chi connectivity index (χ3v) is 2.64. The van der Waals surface area contributed by atoms with Crippen molar-refractivity contribution in [2.45, 2.75) is 25.9 Å². The van der Waals surface area contributed by atoms with Crippen LogP contribution in [0.25, 0.3) is 0 Å². The third kappa shape index (κ3) is 1.48. The molecular weight excluding hydrogens is 174 g/mol. The van der Waals surface area contributed by atoms with Crippen molar-refractivity contribution in [3.63, 3.8) is 0 Å². The zero-order chi connectivity index (χ0) is 8.55. The van der Waals surface area contributed by atoms with Crippen molar-refractivity contribution in [1.82, 2.24) is 4.98 Å². The van der Waals surface area contributed by atoms with Crippen molar-refractivity contribution in [3.05, 3.63) is 16.1 Å². The fourth-order valence-electron chi connectivity index (χ4n) is 0.889. The van der Waals surface area contributed by atoms with E-state index in [2.05, 4.69) is 4.98 Å². The summed E-state index contributed by atoms with van der Waals surface area (Å²) in [4.78, 5) is 15.9. The summed E-state index contributed by atoms with van der Waals surface area (Å²) in [6.45, 7) is 1.82. The highest BCUT2D eigenvalue weighted by Crippen LogP contribution is 2.26. The first-order chi connectivity index (χ1) is 5.77. The Hall–Kier alpha value is -0.900. The van der Waals surface area contributed by atoms with Crippen molar-refractivity contribution in [2.24, 2.45) is 0 Å². The SMILES string of the molecule is Cc1ncsc1C(=O)OC1CC1. The maximum atomic E-state index is 11.3. The van der Waals surface area contributed by atoms with E-state index in [0.29, 0.717) is 4.88 Å². The smallest absolute Gasteiger partial charge is 0.350 e. The van der Waals surface area contributed by atoms with Gasteiger partial charge in [0.1, 0.15) is 11.0 Å². The summed E-state index contributed by atoms with van der Waals surface area (Å²) >= 11 is 1.34. The first kappa shape index (κ1) is 7.73. The molecule has 0 spiro atoms. The van der Waals surface area contributed by atoms with Crippen LogP contribution in [0.1, 0.15) is 28.2 Å². The number of carbonyl (C=O) groups is 1. The zero-order valence-corrected chi connectivity index (χ0v) is 7.56. The predicted octanol–water partition coefficient (Wildman–Crippen LogP) is 1.77. The fraction of sp³-hybridized carbons (Fsp3) is 0.500. The van der Waals surface area contributed by atoms with Gasteiger partial charge in [0.05, 0.1) is 11.2 Å². The highest BCUT2D eigenvalue weighted by Gasteiger charge is 2.27. The lowest BCUT2D eigenvalue weighted by Gasteiger charge is -1.99. The van der Waals surface area contributed by atoms with Crippen molar-refractivity contribution in [3.8, 4) is 0 Å². The van der Waals surface area contributed by atoms with Gasteiger partial charge in [0, 0.05) is 0 Å². The molecule has 0 saturated heterocycles. The van der Waals surface area contributed by atoms with Gasteiger partial charge in [-0.05, 0) is 19.8 Å². The van der Waals surface area contributed by atoms with Crippen LogP contribution in [-0.2, 0) is 4.74 Å². The number of aryl methyl sites for hydroxylation is 1. The quantitative estimate of drug-likeness (QED) is 0.656. The van der Waals surface area contributed by atoms with Crippen molar-refractivity contribution < 1.29 is 9.53 Å². The lowest BCUT2D eigenvalue weighted by molar-refractivity contribution is 0.0477. The summed E-state index contributed by atoms with van der Waals surface area (Å²) in [6.07, 6.45) is 2.21. The van der Waals surface area contributed by atoms with Crippen LogP contribution < -0.4 is 0 Å². The second kappa shape index (κ2) is 2.86. The van der Waals surface area contributed by atoms with E-state index in [0.717, 1.165) is 18.5 Å². The molecule has 0 radical (unpaired) electrons. The molecule has 0 unspecified atom stereocenters. The van der Waals surface area contributed by atoms with Gasteiger partial charge in [-0.3, -0.25) is 0 Å². The van der Waals surface area contributed by atoms with Gasteiger partial charge >= 0.3 is 5.97 Å². The summed E-state index contributed by atoms with van der Waals surface area (Å²) in [6, 6.07) is 0. The Morgan fingerprint density at radius 2 is 2.50 bits per heavy atom. The Bertz CT molecular complexity index is 304.